The zero-order valence-electron chi connectivity index (χ0n) is 16.1. The average Bonchev–Trinajstić information content (AvgIpc) is 2.92. The van der Waals surface area contributed by atoms with Crippen LogP contribution in [0.25, 0.3) is 0 Å². The molecule has 1 heterocycles. The van der Waals surface area contributed by atoms with Crippen LogP contribution in [0.3, 0.4) is 0 Å². The molecule has 2 amide bonds. The summed E-state index contributed by atoms with van der Waals surface area (Å²) >= 11 is 0. The van der Waals surface area contributed by atoms with Crippen molar-refractivity contribution in [1.82, 2.24) is 9.80 Å². The Kier molecular flexibility index (Phi) is 5.91. The summed E-state index contributed by atoms with van der Waals surface area (Å²) in [7, 11) is 4.11. The maximum Gasteiger partial charge on any atom is 0.261 e. The standard InChI is InChI=1S/C22H26N2O3/c1-16(23(2)3)17-9-8-10-18(15-17)27-14-7-6-13-24-21(25)19-11-4-5-12-20(19)22(24)26/h4-5,8-12,15-16H,6-7,13-14H2,1-3H3. The number of nitrogens with zero attached hydrogens (tertiary/aromatic N) is 2. The Morgan fingerprint density at radius 1 is 0.963 bits per heavy atom. The second-order valence-corrected chi connectivity index (χ2v) is 7.08. The van der Waals surface area contributed by atoms with Gasteiger partial charge >= 0.3 is 0 Å². The van der Waals surface area contributed by atoms with E-state index in [1.165, 1.54) is 10.5 Å². The number of benzene rings is 2. The molecule has 0 fully saturated rings. The zero-order valence-corrected chi connectivity index (χ0v) is 16.1. The van der Waals surface area contributed by atoms with Gasteiger partial charge < -0.3 is 9.64 Å². The Bertz CT molecular complexity index is 797. The highest BCUT2D eigenvalue weighted by Gasteiger charge is 2.34. The molecular formula is C22H26N2O3. The van der Waals surface area contributed by atoms with Gasteiger partial charge in [0.25, 0.3) is 11.8 Å². The average molecular weight is 366 g/mol. The first-order chi connectivity index (χ1) is 13.0. The van der Waals surface area contributed by atoms with Gasteiger partial charge in [-0.05, 0) is 63.7 Å². The highest BCUT2D eigenvalue weighted by atomic mass is 16.5. The molecule has 0 aliphatic carbocycles. The summed E-state index contributed by atoms with van der Waals surface area (Å²) in [6.07, 6.45) is 1.50. The fraction of sp³-hybridized carbons (Fsp3) is 0.364. The van der Waals surface area contributed by atoms with E-state index >= 15 is 0 Å². The molecule has 0 saturated heterocycles. The van der Waals surface area contributed by atoms with E-state index in [0.29, 0.717) is 30.3 Å². The van der Waals surface area contributed by atoms with E-state index in [9.17, 15) is 9.59 Å². The normalized spacial score (nSPS) is 14.6. The summed E-state index contributed by atoms with van der Waals surface area (Å²) in [5, 5.41) is 0. The molecule has 3 rings (SSSR count). The number of imide groups is 1. The Balaban J connectivity index is 1.46. The topological polar surface area (TPSA) is 49.9 Å². The molecule has 0 saturated carbocycles. The maximum atomic E-state index is 12.3. The number of unbranched alkanes of at least 4 members (excludes halogenated alkanes) is 1. The lowest BCUT2D eigenvalue weighted by atomic mass is 10.1. The molecule has 0 bridgehead atoms. The van der Waals surface area contributed by atoms with E-state index in [0.717, 1.165) is 18.6 Å². The highest BCUT2D eigenvalue weighted by Crippen LogP contribution is 2.24. The molecule has 5 nitrogen and oxygen atoms in total. The van der Waals surface area contributed by atoms with Crippen LogP contribution in [0.4, 0.5) is 0 Å². The fourth-order valence-corrected chi connectivity index (χ4v) is 3.17. The third kappa shape index (κ3) is 4.19. The molecule has 0 N–H and O–H groups in total. The van der Waals surface area contributed by atoms with Crippen molar-refractivity contribution in [2.24, 2.45) is 0 Å². The third-order valence-electron chi connectivity index (χ3n) is 5.04. The van der Waals surface area contributed by atoms with Crippen molar-refractivity contribution < 1.29 is 14.3 Å². The molecule has 27 heavy (non-hydrogen) atoms. The van der Waals surface area contributed by atoms with Crippen molar-refractivity contribution >= 4 is 11.8 Å². The molecule has 0 aromatic heterocycles. The van der Waals surface area contributed by atoms with Gasteiger partial charge in [0.15, 0.2) is 0 Å². The van der Waals surface area contributed by atoms with Gasteiger partial charge in [0.2, 0.25) is 0 Å². The SMILES string of the molecule is CC(c1cccc(OCCCCN2C(=O)c3ccccc3C2=O)c1)N(C)C. The number of carbonyl (C=O) groups excluding carboxylic acids is 2. The van der Waals surface area contributed by atoms with Gasteiger partial charge in [-0.2, -0.15) is 0 Å². The minimum Gasteiger partial charge on any atom is -0.494 e. The molecule has 1 aliphatic rings. The lowest BCUT2D eigenvalue weighted by Crippen LogP contribution is -2.30. The van der Waals surface area contributed by atoms with Crippen molar-refractivity contribution in [1.29, 1.82) is 0 Å². The van der Waals surface area contributed by atoms with Gasteiger partial charge in [0, 0.05) is 12.6 Å². The summed E-state index contributed by atoms with van der Waals surface area (Å²) in [6, 6.07) is 15.4. The molecule has 1 aliphatic heterocycles. The Morgan fingerprint density at radius 3 is 2.26 bits per heavy atom. The van der Waals surface area contributed by atoms with Crippen LogP contribution in [0, 0.1) is 0 Å². The van der Waals surface area contributed by atoms with Crippen LogP contribution in [0.5, 0.6) is 5.75 Å². The number of carbonyl (C=O) groups is 2. The van der Waals surface area contributed by atoms with E-state index in [1.807, 2.05) is 12.1 Å². The molecule has 0 spiro atoms. The monoisotopic (exact) mass is 366 g/mol. The first-order valence-electron chi connectivity index (χ1n) is 9.33. The van der Waals surface area contributed by atoms with Crippen molar-refractivity contribution in [3.05, 3.63) is 65.2 Å². The zero-order chi connectivity index (χ0) is 19.4. The quantitative estimate of drug-likeness (QED) is 0.527. The van der Waals surface area contributed by atoms with Crippen LogP contribution < -0.4 is 4.74 Å². The molecule has 0 radical (unpaired) electrons. The van der Waals surface area contributed by atoms with Crippen molar-refractivity contribution in [2.75, 3.05) is 27.2 Å². The predicted molar refractivity (Wildman–Crippen MR) is 105 cm³/mol. The first-order valence-corrected chi connectivity index (χ1v) is 9.33. The van der Waals surface area contributed by atoms with E-state index in [4.69, 9.17) is 4.74 Å². The van der Waals surface area contributed by atoms with Gasteiger partial charge in [0.1, 0.15) is 5.75 Å². The lowest BCUT2D eigenvalue weighted by Gasteiger charge is -2.20. The summed E-state index contributed by atoms with van der Waals surface area (Å²) < 4.78 is 5.85. The summed E-state index contributed by atoms with van der Waals surface area (Å²) in [6.45, 7) is 3.14. The van der Waals surface area contributed by atoms with Gasteiger partial charge in [-0.1, -0.05) is 24.3 Å². The Morgan fingerprint density at radius 2 is 1.63 bits per heavy atom. The molecule has 5 heteroatoms. The summed E-state index contributed by atoms with van der Waals surface area (Å²) in [5.41, 5.74) is 2.22. The van der Waals surface area contributed by atoms with Gasteiger partial charge in [0.05, 0.1) is 17.7 Å². The van der Waals surface area contributed by atoms with E-state index in [-0.39, 0.29) is 11.8 Å². The van der Waals surface area contributed by atoms with E-state index in [1.54, 1.807) is 24.3 Å². The maximum absolute atomic E-state index is 12.3. The Labute approximate surface area is 160 Å². The van der Waals surface area contributed by atoms with Crippen molar-refractivity contribution in [3.8, 4) is 5.75 Å². The summed E-state index contributed by atoms with van der Waals surface area (Å²) in [5.74, 6) is 0.464. The molecule has 2 aromatic carbocycles. The minimum atomic E-state index is -0.193. The van der Waals surface area contributed by atoms with E-state index < -0.39 is 0 Å². The number of amides is 2. The molecule has 2 aromatic rings. The fourth-order valence-electron chi connectivity index (χ4n) is 3.17. The van der Waals surface area contributed by atoms with Crippen LogP contribution >= 0.6 is 0 Å². The first kappa shape index (κ1) is 19.1. The highest BCUT2D eigenvalue weighted by molar-refractivity contribution is 6.21. The second kappa shape index (κ2) is 8.35. The number of hydrogen-bond donors (Lipinski definition) is 0. The second-order valence-electron chi connectivity index (χ2n) is 7.08. The van der Waals surface area contributed by atoms with Crippen LogP contribution in [-0.2, 0) is 0 Å². The van der Waals surface area contributed by atoms with E-state index in [2.05, 4.69) is 38.1 Å². The largest absolute Gasteiger partial charge is 0.494 e. The Hall–Kier alpha value is -2.66. The van der Waals surface area contributed by atoms with Gasteiger partial charge in [-0.25, -0.2) is 0 Å². The number of hydrogen-bond acceptors (Lipinski definition) is 4. The number of ether oxygens (including phenoxy) is 1. The van der Waals surface area contributed by atoms with Gasteiger partial charge in [-0.15, -0.1) is 0 Å². The summed E-state index contributed by atoms with van der Waals surface area (Å²) in [4.78, 5) is 28.1. The van der Waals surface area contributed by atoms with Gasteiger partial charge in [-0.3, -0.25) is 14.5 Å². The number of fused-ring (bicyclic) bond motifs is 1. The smallest absolute Gasteiger partial charge is 0.261 e. The molecule has 1 unspecified atom stereocenters. The van der Waals surface area contributed by atoms with Crippen LogP contribution in [-0.4, -0.2) is 48.9 Å². The predicted octanol–water partition coefficient (Wildman–Crippen LogP) is 3.76. The molecule has 1 atom stereocenters. The van der Waals surface area contributed by atoms with Crippen LogP contribution in [0.1, 0.15) is 52.1 Å². The van der Waals surface area contributed by atoms with Crippen molar-refractivity contribution in [2.45, 2.75) is 25.8 Å². The number of rotatable bonds is 8. The van der Waals surface area contributed by atoms with Crippen molar-refractivity contribution in [3.63, 3.8) is 0 Å². The molecular weight excluding hydrogens is 340 g/mol. The minimum absolute atomic E-state index is 0.193. The third-order valence-corrected chi connectivity index (χ3v) is 5.04. The molecule has 142 valence electrons. The van der Waals surface area contributed by atoms with Crippen LogP contribution in [0.2, 0.25) is 0 Å². The lowest BCUT2D eigenvalue weighted by molar-refractivity contribution is 0.0649. The van der Waals surface area contributed by atoms with Crippen LogP contribution in [0.15, 0.2) is 48.5 Å².